The molecule has 0 spiro atoms. The number of rotatable bonds is 3. The van der Waals surface area contributed by atoms with Crippen molar-refractivity contribution in [1.82, 2.24) is 25.0 Å². The van der Waals surface area contributed by atoms with E-state index in [0.717, 1.165) is 22.1 Å². The van der Waals surface area contributed by atoms with Gasteiger partial charge in [0.25, 0.3) is 0 Å². The van der Waals surface area contributed by atoms with Crippen LogP contribution in [0.2, 0.25) is 0 Å². The van der Waals surface area contributed by atoms with Crippen LogP contribution in [0.25, 0.3) is 27.1 Å². The van der Waals surface area contributed by atoms with Gasteiger partial charge >= 0.3 is 0 Å². The summed E-state index contributed by atoms with van der Waals surface area (Å²) in [5, 5.41) is 17.6. The molecule has 0 radical (unpaired) electrons. The van der Waals surface area contributed by atoms with Gasteiger partial charge in [0.05, 0.1) is 12.7 Å². The Bertz CT molecular complexity index is 955. The molecule has 4 rings (SSSR count). The largest absolute Gasteiger partial charge is 0.496 e. The smallest absolute Gasteiger partial charge is 0.235 e. The van der Waals surface area contributed by atoms with E-state index in [4.69, 9.17) is 9.26 Å². The van der Waals surface area contributed by atoms with E-state index in [1.807, 2.05) is 37.3 Å². The van der Waals surface area contributed by atoms with Crippen molar-refractivity contribution in [3.8, 4) is 27.8 Å². The van der Waals surface area contributed by atoms with Crippen molar-refractivity contribution < 1.29 is 9.26 Å². The topological polar surface area (TPSA) is 78.3 Å². The molecule has 0 saturated carbocycles. The summed E-state index contributed by atoms with van der Waals surface area (Å²) < 4.78 is 12.2. The summed E-state index contributed by atoms with van der Waals surface area (Å²) in [6.45, 7) is 1.84. The minimum absolute atomic E-state index is 0.634. The summed E-state index contributed by atoms with van der Waals surface area (Å²) in [6.07, 6.45) is 0. The standard InChI is InChI=1S/C14H11N5O2S/c1-8-7-10(18-21-8)13-17-19-12(15-16-14(19)22-13)9-5-3-4-6-11(9)20-2/h3-7H,1-2H3. The Morgan fingerprint density at radius 1 is 1.23 bits per heavy atom. The molecule has 0 bridgehead atoms. The zero-order valence-electron chi connectivity index (χ0n) is 11.8. The highest BCUT2D eigenvalue weighted by atomic mass is 32.1. The molecule has 4 aromatic rings. The van der Waals surface area contributed by atoms with Crippen molar-refractivity contribution in [3.05, 3.63) is 36.1 Å². The van der Waals surface area contributed by atoms with Gasteiger partial charge in [0.15, 0.2) is 10.8 Å². The van der Waals surface area contributed by atoms with Crippen molar-refractivity contribution >= 4 is 16.3 Å². The van der Waals surface area contributed by atoms with E-state index < -0.39 is 0 Å². The second-order valence-corrected chi connectivity index (χ2v) is 5.60. The summed E-state index contributed by atoms with van der Waals surface area (Å²) in [5.74, 6) is 2.10. The van der Waals surface area contributed by atoms with Crippen molar-refractivity contribution in [3.63, 3.8) is 0 Å². The third kappa shape index (κ3) is 1.96. The number of ether oxygens (including phenoxy) is 1. The molecule has 110 valence electrons. The van der Waals surface area contributed by atoms with E-state index in [1.54, 1.807) is 11.6 Å². The number of hydrogen-bond acceptors (Lipinski definition) is 7. The molecule has 8 heteroatoms. The van der Waals surface area contributed by atoms with E-state index in [2.05, 4.69) is 20.5 Å². The molecule has 0 fully saturated rings. The molecule has 3 heterocycles. The van der Waals surface area contributed by atoms with E-state index >= 15 is 0 Å². The van der Waals surface area contributed by atoms with Gasteiger partial charge in [-0.25, -0.2) is 0 Å². The van der Waals surface area contributed by atoms with E-state index in [9.17, 15) is 0 Å². The lowest BCUT2D eigenvalue weighted by Crippen LogP contribution is -1.94. The number of fused-ring (bicyclic) bond motifs is 1. The van der Waals surface area contributed by atoms with Crippen molar-refractivity contribution in [2.75, 3.05) is 7.11 Å². The molecule has 0 amide bonds. The Morgan fingerprint density at radius 2 is 2.09 bits per heavy atom. The molecule has 0 unspecified atom stereocenters. The average Bonchev–Trinajstić information content (AvgIpc) is 3.21. The quantitative estimate of drug-likeness (QED) is 0.579. The highest BCUT2D eigenvalue weighted by molar-refractivity contribution is 7.19. The molecule has 0 N–H and O–H groups in total. The van der Waals surface area contributed by atoms with Crippen LogP contribution in [0.1, 0.15) is 5.76 Å². The summed E-state index contributed by atoms with van der Waals surface area (Å²) in [5.41, 5.74) is 1.53. The second kappa shape index (κ2) is 4.92. The molecule has 0 aliphatic carbocycles. The summed E-state index contributed by atoms with van der Waals surface area (Å²) in [6, 6.07) is 9.48. The van der Waals surface area contributed by atoms with Crippen LogP contribution < -0.4 is 4.74 Å². The van der Waals surface area contributed by atoms with Gasteiger partial charge in [0, 0.05) is 6.07 Å². The van der Waals surface area contributed by atoms with Gasteiger partial charge in [0.1, 0.15) is 17.2 Å². The number of benzene rings is 1. The van der Waals surface area contributed by atoms with Crippen molar-refractivity contribution in [2.24, 2.45) is 0 Å². The Hall–Kier alpha value is -2.74. The number of hydrogen-bond donors (Lipinski definition) is 0. The van der Waals surface area contributed by atoms with Crippen LogP contribution in [0.4, 0.5) is 0 Å². The van der Waals surface area contributed by atoms with Crippen LogP contribution in [0.5, 0.6) is 5.75 Å². The van der Waals surface area contributed by atoms with Crippen molar-refractivity contribution in [1.29, 1.82) is 0 Å². The first-order valence-corrected chi connectivity index (χ1v) is 7.37. The molecule has 0 aliphatic heterocycles. The Labute approximate surface area is 129 Å². The predicted octanol–water partition coefficient (Wildman–Crippen LogP) is 2.82. The maximum absolute atomic E-state index is 5.38. The molecular formula is C14H11N5O2S. The number of nitrogens with zero attached hydrogens (tertiary/aromatic N) is 5. The fourth-order valence-electron chi connectivity index (χ4n) is 2.18. The van der Waals surface area contributed by atoms with E-state index in [-0.39, 0.29) is 0 Å². The first-order valence-electron chi connectivity index (χ1n) is 6.55. The zero-order valence-corrected chi connectivity index (χ0v) is 12.7. The molecule has 7 nitrogen and oxygen atoms in total. The van der Waals surface area contributed by atoms with Gasteiger partial charge in [-0.1, -0.05) is 28.6 Å². The summed E-state index contributed by atoms with van der Waals surface area (Å²) >= 11 is 1.41. The molecule has 3 aromatic heterocycles. The van der Waals surface area contributed by atoms with Gasteiger partial charge in [-0.05, 0) is 19.1 Å². The van der Waals surface area contributed by atoms with Gasteiger partial charge in [-0.2, -0.15) is 9.61 Å². The number of aryl methyl sites for hydroxylation is 1. The third-order valence-electron chi connectivity index (χ3n) is 3.19. The fraction of sp³-hybridized carbons (Fsp3) is 0.143. The third-order valence-corrected chi connectivity index (χ3v) is 4.11. The Kier molecular flexibility index (Phi) is 2.90. The lowest BCUT2D eigenvalue weighted by atomic mass is 10.2. The minimum Gasteiger partial charge on any atom is -0.496 e. The first kappa shape index (κ1) is 13.0. The Balaban J connectivity index is 1.88. The number of para-hydroxylation sites is 1. The van der Waals surface area contributed by atoms with Crippen LogP contribution in [-0.2, 0) is 0 Å². The van der Waals surface area contributed by atoms with E-state index in [1.165, 1.54) is 11.3 Å². The molecule has 1 aromatic carbocycles. The molecule has 0 aliphatic rings. The molecule has 0 atom stereocenters. The maximum Gasteiger partial charge on any atom is 0.235 e. The average molecular weight is 313 g/mol. The second-order valence-electron chi connectivity index (χ2n) is 4.65. The van der Waals surface area contributed by atoms with E-state index in [0.29, 0.717) is 16.5 Å². The highest BCUT2D eigenvalue weighted by Crippen LogP contribution is 2.31. The number of methoxy groups -OCH3 is 1. The molecule has 0 saturated heterocycles. The monoisotopic (exact) mass is 313 g/mol. The zero-order chi connectivity index (χ0) is 15.1. The SMILES string of the molecule is COc1ccccc1-c1nnc2sc(-c3cc(C)on3)nn12. The Morgan fingerprint density at radius 3 is 2.86 bits per heavy atom. The lowest BCUT2D eigenvalue weighted by molar-refractivity contribution is 0.399. The molecular weight excluding hydrogens is 302 g/mol. The van der Waals surface area contributed by atoms with Crippen LogP contribution in [0.3, 0.4) is 0 Å². The van der Waals surface area contributed by atoms with Gasteiger partial charge in [-0.3, -0.25) is 0 Å². The predicted molar refractivity (Wildman–Crippen MR) is 80.9 cm³/mol. The van der Waals surface area contributed by atoms with Gasteiger partial charge in [-0.15, -0.1) is 10.2 Å². The maximum atomic E-state index is 5.38. The first-order chi connectivity index (χ1) is 10.8. The summed E-state index contributed by atoms with van der Waals surface area (Å²) in [4.78, 5) is 0.691. The van der Waals surface area contributed by atoms with Gasteiger partial charge in [0.2, 0.25) is 4.96 Å². The minimum atomic E-state index is 0.634. The normalized spacial score (nSPS) is 11.2. The molecule has 22 heavy (non-hydrogen) atoms. The van der Waals surface area contributed by atoms with Crippen molar-refractivity contribution in [2.45, 2.75) is 6.92 Å². The summed E-state index contributed by atoms with van der Waals surface area (Å²) in [7, 11) is 1.63. The van der Waals surface area contributed by atoms with Crippen LogP contribution in [0, 0.1) is 6.92 Å². The fourth-order valence-corrected chi connectivity index (χ4v) is 2.98. The highest BCUT2D eigenvalue weighted by Gasteiger charge is 2.18. The van der Waals surface area contributed by atoms with Crippen LogP contribution >= 0.6 is 11.3 Å². The van der Waals surface area contributed by atoms with Gasteiger partial charge < -0.3 is 9.26 Å². The lowest BCUT2D eigenvalue weighted by Gasteiger charge is -2.04. The van der Waals surface area contributed by atoms with Crippen LogP contribution in [-0.4, -0.2) is 32.1 Å². The number of aromatic nitrogens is 5. The van der Waals surface area contributed by atoms with Crippen LogP contribution in [0.15, 0.2) is 34.9 Å².